The van der Waals surface area contributed by atoms with Gasteiger partial charge < -0.3 is 4.74 Å². The number of tetrazole rings is 1. The topological polar surface area (TPSA) is 101 Å². The van der Waals surface area contributed by atoms with Crippen molar-refractivity contribution in [2.75, 3.05) is 19.7 Å². The average Bonchev–Trinajstić information content (AvgIpc) is 3.09. The Morgan fingerprint density at radius 3 is 3.00 bits per heavy atom. The van der Waals surface area contributed by atoms with E-state index in [0.29, 0.717) is 30.3 Å². The van der Waals surface area contributed by atoms with Gasteiger partial charge in [-0.25, -0.2) is 8.42 Å². The molecule has 2 heterocycles. The van der Waals surface area contributed by atoms with Crippen molar-refractivity contribution in [3.63, 3.8) is 0 Å². The Labute approximate surface area is 138 Å². The first-order valence-corrected chi connectivity index (χ1v) is 8.99. The Balaban J connectivity index is 1.96. The van der Waals surface area contributed by atoms with E-state index in [1.807, 2.05) is 6.92 Å². The van der Waals surface area contributed by atoms with Gasteiger partial charge in [0.2, 0.25) is 15.8 Å². The highest BCUT2D eigenvalue weighted by Gasteiger charge is 2.30. The minimum Gasteiger partial charge on any atom is -0.375 e. The fourth-order valence-electron chi connectivity index (χ4n) is 2.42. The highest BCUT2D eigenvalue weighted by molar-refractivity contribution is 7.89. The van der Waals surface area contributed by atoms with Crippen LogP contribution in [0.25, 0.3) is 11.4 Å². The quantitative estimate of drug-likeness (QED) is 0.885. The van der Waals surface area contributed by atoms with E-state index >= 15 is 0 Å². The number of rotatable bonds is 4. The molecule has 10 heteroatoms. The number of H-pyrrole nitrogens is 1. The predicted molar refractivity (Wildman–Crippen MR) is 83.4 cm³/mol. The molecule has 0 saturated carbocycles. The van der Waals surface area contributed by atoms with E-state index < -0.39 is 10.0 Å². The van der Waals surface area contributed by atoms with Crippen LogP contribution >= 0.6 is 11.6 Å². The maximum absolute atomic E-state index is 12.8. The summed E-state index contributed by atoms with van der Waals surface area (Å²) < 4.78 is 32.7. The molecule has 1 aliphatic rings. The van der Waals surface area contributed by atoms with Crippen molar-refractivity contribution in [3.8, 4) is 11.4 Å². The van der Waals surface area contributed by atoms with Gasteiger partial charge in [0.05, 0.1) is 22.6 Å². The van der Waals surface area contributed by atoms with Crippen LogP contribution < -0.4 is 0 Å². The Morgan fingerprint density at radius 2 is 2.30 bits per heavy atom. The number of nitrogens with one attached hydrogen (secondary N) is 1. The summed E-state index contributed by atoms with van der Waals surface area (Å²) >= 11 is 6.12. The standard InChI is InChI=1S/C13H16ClN5O3S/c1-2-9-8-19(5-6-22-9)23(20,21)10-3-4-12(14)11(7-10)13-15-17-18-16-13/h3-4,7,9H,2,5-6,8H2,1H3,(H,15,16,17,18). The van der Waals surface area contributed by atoms with Gasteiger partial charge in [0.15, 0.2) is 0 Å². The Hall–Kier alpha value is -1.55. The molecule has 1 aromatic heterocycles. The number of ether oxygens (including phenoxy) is 1. The van der Waals surface area contributed by atoms with E-state index in [1.165, 1.54) is 22.5 Å². The molecular weight excluding hydrogens is 342 g/mol. The largest absolute Gasteiger partial charge is 0.375 e. The molecule has 1 fully saturated rings. The Morgan fingerprint density at radius 1 is 1.48 bits per heavy atom. The van der Waals surface area contributed by atoms with Gasteiger partial charge in [0.1, 0.15) is 0 Å². The predicted octanol–water partition coefficient (Wildman–Crippen LogP) is 1.32. The molecule has 1 N–H and O–H groups in total. The molecule has 0 radical (unpaired) electrons. The lowest BCUT2D eigenvalue weighted by Gasteiger charge is -2.31. The van der Waals surface area contributed by atoms with Gasteiger partial charge in [-0.05, 0) is 29.8 Å². The Bertz CT molecular complexity index is 781. The van der Waals surface area contributed by atoms with E-state index in [2.05, 4.69) is 20.6 Å². The van der Waals surface area contributed by atoms with Gasteiger partial charge in [-0.2, -0.15) is 9.52 Å². The molecule has 0 bridgehead atoms. The second kappa shape index (κ2) is 6.52. The number of hydrogen-bond donors (Lipinski definition) is 1. The van der Waals surface area contributed by atoms with Crippen molar-refractivity contribution in [2.45, 2.75) is 24.3 Å². The summed E-state index contributed by atoms with van der Waals surface area (Å²) in [5.41, 5.74) is 0.418. The third-order valence-corrected chi connectivity index (χ3v) is 5.91. The summed E-state index contributed by atoms with van der Waals surface area (Å²) in [6.07, 6.45) is 0.684. The molecule has 0 spiro atoms. The van der Waals surface area contributed by atoms with E-state index in [9.17, 15) is 8.42 Å². The van der Waals surface area contributed by atoms with Crippen LogP contribution in [0, 0.1) is 0 Å². The smallest absolute Gasteiger partial charge is 0.243 e. The van der Waals surface area contributed by atoms with Crippen LogP contribution in [0.1, 0.15) is 13.3 Å². The van der Waals surface area contributed by atoms with Crippen molar-refractivity contribution >= 4 is 21.6 Å². The summed E-state index contributed by atoms with van der Waals surface area (Å²) in [4.78, 5) is 0.151. The molecule has 0 aliphatic carbocycles. The van der Waals surface area contributed by atoms with E-state index in [0.717, 1.165) is 6.42 Å². The zero-order valence-electron chi connectivity index (χ0n) is 12.4. The maximum atomic E-state index is 12.8. The molecule has 8 nitrogen and oxygen atoms in total. The fraction of sp³-hybridized carbons (Fsp3) is 0.462. The minimum absolute atomic E-state index is 0.0810. The van der Waals surface area contributed by atoms with Gasteiger partial charge >= 0.3 is 0 Å². The molecule has 1 saturated heterocycles. The first-order valence-electron chi connectivity index (χ1n) is 7.17. The summed E-state index contributed by atoms with van der Waals surface area (Å²) in [6, 6.07) is 4.48. The third-order valence-electron chi connectivity index (χ3n) is 3.72. The second-order valence-corrected chi connectivity index (χ2v) is 7.49. The summed E-state index contributed by atoms with van der Waals surface area (Å²) in [7, 11) is -3.63. The van der Waals surface area contributed by atoms with Crippen molar-refractivity contribution in [3.05, 3.63) is 23.2 Å². The lowest BCUT2D eigenvalue weighted by Crippen LogP contribution is -2.45. The molecule has 1 aliphatic heterocycles. The van der Waals surface area contributed by atoms with Crippen LogP contribution in [0.15, 0.2) is 23.1 Å². The number of nitrogens with zero attached hydrogens (tertiary/aromatic N) is 4. The SMILES string of the molecule is CCC1CN(S(=O)(=O)c2ccc(Cl)c(-c3nn[nH]n3)c2)CCO1. The monoisotopic (exact) mass is 357 g/mol. The van der Waals surface area contributed by atoms with Crippen LogP contribution in [0.4, 0.5) is 0 Å². The lowest BCUT2D eigenvalue weighted by molar-refractivity contribution is -0.00277. The molecule has 3 rings (SSSR count). The molecular formula is C13H16ClN5O3S. The van der Waals surface area contributed by atoms with Crippen LogP contribution in [-0.4, -0.2) is 59.1 Å². The maximum Gasteiger partial charge on any atom is 0.243 e. The highest BCUT2D eigenvalue weighted by Crippen LogP contribution is 2.29. The van der Waals surface area contributed by atoms with Crippen molar-refractivity contribution in [1.29, 1.82) is 0 Å². The van der Waals surface area contributed by atoms with Crippen molar-refractivity contribution in [2.24, 2.45) is 0 Å². The minimum atomic E-state index is -3.63. The van der Waals surface area contributed by atoms with Crippen LogP contribution in [0.3, 0.4) is 0 Å². The van der Waals surface area contributed by atoms with Crippen LogP contribution in [0.5, 0.6) is 0 Å². The molecule has 1 unspecified atom stereocenters. The number of hydrogen-bond acceptors (Lipinski definition) is 6. The fourth-order valence-corrected chi connectivity index (χ4v) is 4.10. The Kier molecular flexibility index (Phi) is 4.62. The molecule has 1 aromatic carbocycles. The van der Waals surface area contributed by atoms with E-state index in [-0.39, 0.29) is 16.8 Å². The number of sulfonamides is 1. The average molecular weight is 358 g/mol. The third kappa shape index (κ3) is 3.23. The first-order chi connectivity index (χ1) is 11.0. The van der Waals surface area contributed by atoms with Gasteiger partial charge in [-0.3, -0.25) is 0 Å². The zero-order chi connectivity index (χ0) is 16.4. The van der Waals surface area contributed by atoms with Gasteiger partial charge in [0.25, 0.3) is 0 Å². The number of aromatic nitrogens is 4. The van der Waals surface area contributed by atoms with E-state index in [1.54, 1.807) is 0 Å². The summed E-state index contributed by atoms with van der Waals surface area (Å²) in [5.74, 6) is 0.250. The van der Waals surface area contributed by atoms with Crippen LogP contribution in [0.2, 0.25) is 5.02 Å². The number of morpholine rings is 1. The number of halogens is 1. The molecule has 23 heavy (non-hydrogen) atoms. The number of aromatic amines is 1. The van der Waals surface area contributed by atoms with Crippen molar-refractivity contribution in [1.82, 2.24) is 24.9 Å². The summed E-state index contributed by atoms with van der Waals surface area (Å²) in [6.45, 7) is 3.04. The van der Waals surface area contributed by atoms with Gasteiger partial charge in [-0.1, -0.05) is 18.5 Å². The lowest BCUT2D eigenvalue weighted by atomic mass is 10.2. The van der Waals surface area contributed by atoms with Gasteiger partial charge in [-0.15, -0.1) is 10.2 Å². The second-order valence-electron chi connectivity index (χ2n) is 5.14. The van der Waals surface area contributed by atoms with Crippen LogP contribution in [-0.2, 0) is 14.8 Å². The molecule has 1 atom stereocenters. The number of benzene rings is 1. The van der Waals surface area contributed by atoms with E-state index in [4.69, 9.17) is 16.3 Å². The molecule has 124 valence electrons. The molecule has 2 aromatic rings. The highest BCUT2D eigenvalue weighted by atomic mass is 35.5. The zero-order valence-corrected chi connectivity index (χ0v) is 14.0. The van der Waals surface area contributed by atoms with Gasteiger partial charge in [0, 0.05) is 18.7 Å². The normalized spacial score (nSPS) is 19.8. The first kappa shape index (κ1) is 16.3. The van der Waals surface area contributed by atoms with Crippen molar-refractivity contribution < 1.29 is 13.2 Å². The molecule has 0 amide bonds. The summed E-state index contributed by atoms with van der Waals surface area (Å²) in [5, 5.41) is 13.9.